The molecule has 0 aliphatic carbocycles. The van der Waals surface area contributed by atoms with Gasteiger partial charge in [-0.05, 0) is 49.6 Å². The van der Waals surface area contributed by atoms with E-state index in [-0.39, 0.29) is 28.6 Å². The Morgan fingerprint density at radius 2 is 2.12 bits per heavy atom. The van der Waals surface area contributed by atoms with Crippen LogP contribution in [0.1, 0.15) is 28.8 Å². The zero-order chi connectivity index (χ0) is 17.9. The minimum atomic E-state index is -0.612. The van der Waals surface area contributed by atoms with E-state index in [9.17, 15) is 14.0 Å². The van der Waals surface area contributed by atoms with Crippen molar-refractivity contribution in [2.24, 2.45) is 0 Å². The number of aromatic nitrogens is 1. The van der Waals surface area contributed by atoms with Gasteiger partial charge in [0.15, 0.2) is 0 Å². The van der Waals surface area contributed by atoms with E-state index in [2.05, 4.69) is 10.3 Å². The molecule has 124 valence electrons. The first-order valence-electron chi connectivity index (χ1n) is 7.20. The maximum absolute atomic E-state index is 13.7. The van der Waals surface area contributed by atoms with Gasteiger partial charge in [-0.15, -0.1) is 0 Å². The van der Waals surface area contributed by atoms with Gasteiger partial charge in [-0.2, -0.15) is 5.26 Å². The summed E-state index contributed by atoms with van der Waals surface area (Å²) in [5.41, 5.74) is 1.56. The van der Waals surface area contributed by atoms with Crippen LogP contribution in [-0.2, 0) is 11.2 Å². The number of nitrogens with one attached hydrogen (secondary N) is 2. The summed E-state index contributed by atoms with van der Waals surface area (Å²) in [7, 11) is 0. The van der Waals surface area contributed by atoms with Gasteiger partial charge in [0.1, 0.15) is 17.4 Å². The molecule has 5 nitrogen and oxygen atoms in total. The molecule has 0 bridgehead atoms. The fraction of sp³-hybridized carbons (Fsp3) is 0.235. The van der Waals surface area contributed by atoms with Crippen molar-refractivity contribution in [3.63, 3.8) is 0 Å². The second-order valence-electron chi connectivity index (χ2n) is 5.34. The molecule has 1 amide bonds. The topological polar surface area (TPSA) is 85.8 Å². The van der Waals surface area contributed by atoms with Crippen molar-refractivity contribution in [3.8, 4) is 6.07 Å². The maximum Gasteiger partial charge on any atom is 0.266 e. The van der Waals surface area contributed by atoms with E-state index in [1.807, 2.05) is 6.07 Å². The molecular formula is C17H15ClFN3O2. The lowest BCUT2D eigenvalue weighted by Crippen LogP contribution is -2.18. The van der Waals surface area contributed by atoms with Crippen molar-refractivity contribution in [2.75, 3.05) is 5.32 Å². The molecule has 7 heteroatoms. The molecule has 0 spiro atoms. The molecule has 24 heavy (non-hydrogen) atoms. The summed E-state index contributed by atoms with van der Waals surface area (Å²) in [6, 6.07) is 5.85. The molecule has 2 aromatic rings. The van der Waals surface area contributed by atoms with Gasteiger partial charge < -0.3 is 10.3 Å². The fourth-order valence-electron chi connectivity index (χ4n) is 2.46. The van der Waals surface area contributed by atoms with Crippen LogP contribution in [0.2, 0.25) is 5.02 Å². The number of aromatic amines is 1. The van der Waals surface area contributed by atoms with E-state index in [1.165, 1.54) is 12.1 Å². The highest BCUT2D eigenvalue weighted by Gasteiger charge is 2.14. The Labute approximate surface area is 143 Å². The summed E-state index contributed by atoms with van der Waals surface area (Å²) >= 11 is 5.66. The number of carbonyl (C=O) groups is 1. The van der Waals surface area contributed by atoms with Gasteiger partial charge in [-0.1, -0.05) is 11.6 Å². The van der Waals surface area contributed by atoms with E-state index < -0.39 is 11.4 Å². The summed E-state index contributed by atoms with van der Waals surface area (Å²) in [4.78, 5) is 26.3. The van der Waals surface area contributed by atoms with Crippen LogP contribution in [-0.4, -0.2) is 10.9 Å². The minimum absolute atomic E-state index is 0.0414. The number of carbonyl (C=O) groups excluding carboxylic acids is 1. The SMILES string of the molecule is Cc1[nH]c(=O)c(C#N)c(C)c1CCC(=O)Nc1ccc(Cl)cc1F. The summed E-state index contributed by atoms with van der Waals surface area (Å²) in [6.07, 6.45) is 0.408. The molecule has 0 saturated heterocycles. The number of nitrogens with zero attached hydrogens (tertiary/aromatic N) is 1. The molecule has 1 heterocycles. The fourth-order valence-corrected chi connectivity index (χ4v) is 2.62. The third-order valence-corrected chi connectivity index (χ3v) is 3.96. The van der Waals surface area contributed by atoms with Gasteiger partial charge in [0, 0.05) is 17.1 Å². The average Bonchev–Trinajstić information content (AvgIpc) is 2.50. The molecule has 0 fully saturated rings. The van der Waals surface area contributed by atoms with Gasteiger partial charge >= 0.3 is 0 Å². The molecule has 2 N–H and O–H groups in total. The maximum atomic E-state index is 13.7. The van der Waals surface area contributed by atoms with E-state index in [1.54, 1.807) is 13.8 Å². The highest BCUT2D eigenvalue weighted by atomic mass is 35.5. The normalized spacial score (nSPS) is 10.3. The molecule has 0 unspecified atom stereocenters. The lowest BCUT2D eigenvalue weighted by Gasteiger charge is -2.11. The second-order valence-corrected chi connectivity index (χ2v) is 5.78. The van der Waals surface area contributed by atoms with Gasteiger partial charge in [0.05, 0.1) is 5.69 Å². The number of pyridine rings is 1. The van der Waals surface area contributed by atoms with Crippen molar-refractivity contribution < 1.29 is 9.18 Å². The number of halogens is 2. The predicted octanol–water partition coefficient (Wildman–Crippen LogP) is 3.23. The van der Waals surface area contributed by atoms with Crippen molar-refractivity contribution in [1.29, 1.82) is 5.26 Å². The monoisotopic (exact) mass is 347 g/mol. The second kappa shape index (κ2) is 7.28. The van der Waals surface area contributed by atoms with E-state index in [0.29, 0.717) is 17.7 Å². The number of H-pyrrole nitrogens is 1. The molecule has 1 aromatic heterocycles. The number of benzene rings is 1. The van der Waals surface area contributed by atoms with Crippen molar-refractivity contribution in [1.82, 2.24) is 4.98 Å². The van der Waals surface area contributed by atoms with Crippen LogP contribution in [0, 0.1) is 31.0 Å². The predicted molar refractivity (Wildman–Crippen MR) is 89.6 cm³/mol. The molecule has 0 aliphatic heterocycles. The number of amides is 1. The first kappa shape index (κ1) is 17.7. The molecule has 0 atom stereocenters. The standard InChI is InChI=1S/C17H15ClFN3O2/c1-9-12(10(2)21-17(24)13(9)8-20)4-6-16(23)22-15-5-3-11(18)7-14(15)19/h3,5,7H,4,6H2,1-2H3,(H,21,24)(H,22,23). The summed E-state index contributed by atoms with van der Waals surface area (Å²) in [5.74, 6) is -0.987. The van der Waals surface area contributed by atoms with Gasteiger partial charge in [0.25, 0.3) is 5.56 Å². The number of aryl methyl sites for hydroxylation is 1. The Morgan fingerprint density at radius 1 is 1.42 bits per heavy atom. The van der Waals surface area contributed by atoms with Gasteiger partial charge in [-0.3, -0.25) is 9.59 Å². The smallest absolute Gasteiger partial charge is 0.266 e. The van der Waals surface area contributed by atoms with Crippen LogP contribution in [0.15, 0.2) is 23.0 Å². The van der Waals surface area contributed by atoms with Crippen LogP contribution in [0.25, 0.3) is 0 Å². The van der Waals surface area contributed by atoms with E-state index in [4.69, 9.17) is 16.9 Å². The van der Waals surface area contributed by atoms with E-state index >= 15 is 0 Å². The van der Waals surface area contributed by atoms with Crippen molar-refractivity contribution in [2.45, 2.75) is 26.7 Å². The summed E-state index contributed by atoms with van der Waals surface area (Å²) in [5, 5.41) is 11.8. The zero-order valence-corrected chi connectivity index (χ0v) is 13.9. The first-order chi connectivity index (χ1) is 11.3. The summed E-state index contributed by atoms with van der Waals surface area (Å²) in [6.45, 7) is 3.38. The lowest BCUT2D eigenvalue weighted by atomic mass is 9.99. The van der Waals surface area contributed by atoms with Crippen molar-refractivity contribution in [3.05, 3.63) is 61.8 Å². The number of nitriles is 1. The number of rotatable bonds is 4. The highest BCUT2D eigenvalue weighted by molar-refractivity contribution is 6.30. The van der Waals surface area contributed by atoms with Crippen LogP contribution in [0.3, 0.4) is 0 Å². The first-order valence-corrected chi connectivity index (χ1v) is 7.58. The minimum Gasteiger partial charge on any atom is -0.325 e. The molecular weight excluding hydrogens is 333 g/mol. The molecule has 2 rings (SSSR count). The number of anilines is 1. The Bertz CT molecular complexity index is 900. The van der Waals surface area contributed by atoms with E-state index in [0.717, 1.165) is 11.6 Å². The van der Waals surface area contributed by atoms with Crippen LogP contribution < -0.4 is 10.9 Å². The van der Waals surface area contributed by atoms with Gasteiger partial charge in [-0.25, -0.2) is 4.39 Å². The van der Waals surface area contributed by atoms with Crippen molar-refractivity contribution >= 4 is 23.2 Å². The lowest BCUT2D eigenvalue weighted by molar-refractivity contribution is -0.116. The largest absolute Gasteiger partial charge is 0.325 e. The Morgan fingerprint density at radius 3 is 2.75 bits per heavy atom. The Kier molecular flexibility index (Phi) is 5.37. The highest BCUT2D eigenvalue weighted by Crippen LogP contribution is 2.20. The summed E-state index contributed by atoms with van der Waals surface area (Å²) < 4.78 is 13.7. The molecule has 1 aromatic carbocycles. The average molecular weight is 348 g/mol. The third-order valence-electron chi connectivity index (χ3n) is 3.73. The van der Waals surface area contributed by atoms with Gasteiger partial charge in [0.2, 0.25) is 5.91 Å². The molecule has 0 radical (unpaired) electrons. The zero-order valence-electron chi connectivity index (χ0n) is 13.2. The number of hydrogen-bond acceptors (Lipinski definition) is 3. The molecule has 0 saturated carbocycles. The van der Waals surface area contributed by atoms with Crippen LogP contribution >= 0.6 is 11.6 Å². The Hall–Kier alpha value is -2.65. The van der Waals surface area contributed by atoms with Crippen LogP contribution in [0.4, 0.5) is 10.1 Å². The quantitative estimate of drug-likeness (QED) is 0.890. The molecule has 0 aliphatic rings. The third kappa shape index (κ3) is 3.81. The van der Waals surface area contributed by atoms with Crippen LogP contribution in [0.5, 0.6) is 0 Å². The Balaban J connectivity index is 2.12. The number of hydrogen-bond donors (Lipinski definition) is 2.